The van der Waals surface area contributed by atoms with Gasteiger partial charge in [0.1, 0.15) is 11.2 Å². The molecule has 1 aliphatic heterocycles. The molecule has 2 unspecified atom stereocenters. The van der Waals surface area contributed by atoms with Crippen LogP contribution >= 0.6 is 0 Å². The van der Waals surface area contributed by atoms with Gasteiger partial charge in [0, 0.05) is 18.7 Å². The summed E-state index contributed by atoms with van der Waals surface area (Å²) in [6, 6.07) is 33.5. The number of nitrogens with zero attached hydrogens (tertiary/aromatic N) is 2. The minimum absolute atomic E-state index is 0.0477. The summed E-state index contributed by atoms with van der Waals surface area (Å²) in [6.07, 6.45) is 4.40. The normalized spacial score (nSPS) is 20.3. The zero-order valence-electron chi connectivity index (χ0n) is 23.5. The third kappa shape index (κ3) is 3.21. The molecule has 2 nitrogen and oxygen atoms in total. The predicted octanol–water partition coefficient (Wildman–Crippen LogP) is 9.28. The van der Waals surface area contributed by atoms with Gasteiger partial charge in [-0.1, -0.05) is 86.6 Å². The molecule has 0 saturated heterocycles. The molecule has 2 heterocycles. The van der Waals surface area contributed by atoms with Crippen LogP contribution in [0, 0.1) is 6.92 Å². The molecule has 0 radical (unpaired) electrons. The van der Waals surface area contributed by atoms with Crippen LogP contribution in [0.1, 0.15) is 51.8 Å². The van der Waals surface area contributed by atoms with Crippen LogP contribution in [-0.4, -0.2) is 4.98 Å². The molecule has 0 spiro atoms. The van der Waals surface area contributed by atoms with Gasteiger partial charge in [-0.25, -0.2) is 4.98 Å². The molecule has 0 aliphatic carbocycles. The Labute approximate surface area is 231 Å². The first-order valence-corrected chi connectivity index (χ1v) is 14.3. The summed E-state index contributed by atoms with van der Waals surface area (Å²) in [5.74, 6) is 0. The lowest BCUT2D eigenvalue weighted by molar-refractivity contribution is -0.751. The van der Waals surface area contributed by atoms with Crippen molar-refractivity contribution in [3.8, 4) is 22.3 Å². The van der Waals surface area contributed by atoms with Crippen LogP contribution < -0.4 is 4.57 Å². The first-order chi connectivity index (χ1) is 18.9. The number of fused-ring (bicyclic) bond motifs is 3. The van der Waals surface area contributed by atoms with Crippen LogP contribution in [-0.2, 0) is 11.0 Å². The van der Waals surface area contributed by atoms with Crippen molar-refractivity contribution in [2.75, 3.05) is 0 Å². The van der Waals surface area contributed by atoms with Crippen LogP contribution in [0.25, 0.3) is 54.8 Å². The largest absolute Gasteiger partial charge is 0.240 e. The van der Waals surface area contributed by atoms with Crippen LogP contribution in [0.3, 0.4) is 0 Å². The number of aromatic nitrogens is 2. The molecule has 0 saturated carbocycles. The quantitative estimate of drug-likeness (QED) is 0.172. The smallest absolute Gasteiger partial charge is 0.240 e. The number of hydrogen-bond donors (Lipinski definition) is 0. The topological polar surface area (TPSA) is 16.8 Å². The van der Waals surface area contributed by atoms with Crippen molar-refractivity contribution in [2.45, 2.75) is 58.4 Å². The highest BCUT2D eigenvalue weighted by molar-refractivity contribution is 6.24. The third-order valence-corrected chi connectivity index (χ3v) is 9.93. The molecular formula is C37H35N2+. The highest BCUT2D eigenvalue weighted by Gasteiger charge is 2.56. The fourth-order valence-electron chi connectivity index (χ4n) is 7.25. The predicted molar refractivity (Wildman–Crippen MR) is 164 cm³/mol. The highest BCUT2D eigenvalue weighted by atomic mass is 15.1. The van der Waals surface area contributed by atoms with Crippen molar-refractivity contribution < 1.29 is 4.57 Å². The summed E-state index contributed by atoms with van der Waals surface area (Å²) in [5.41, 5.74) is 9.81. The van der Waals surface area contributed by atoms with Gasteiger partial charge in [0.05, 0.1) is 10.8 Å². The molecule has 5 aromatic carbocycles. The molecule has 6 aromatic rings. The molecular weight excluding hydrogens is 472 g/mol. The lowest BCUT2D eigenvalue weighted by Gasteiger charge is -2.45. The fraction of sp³-hybridized carbons (Fsp3) is 0.243. The summed E-state index contributed by atoms with van der Waals surface area (Å²) in [7, 11) is 0. The molecule has 0 amide bonds. The first kappa shape index (κ1) is 24.0. The molecule has 1 aliphatic rings. The van der Waals surface area contributed by atoms with E-state index >= 15 is 0 Å². The maximum Gasteiger partial charge on any atom is 0.240 e. The summed E-state index contributed by atoms with van der Waals surface area (Å²) >= 11 is 0. The van der Waals surface area contributed by atoms with E-state index in [4.69, 9.17) is 4.98 Å². The Hall–Kier alpha value is -4.04. The van der Waals surface area contributed by atoms with Crippen molar-refractivity contribution >= 4 is 32.6 Å². The lowest BCUT2D eigenvalue weighted by atomic mass is 9.61. The molecule has 0 N–H and O–H groups in total. The molecule has 39 heavy (non-hydrogen) atoms. The Morgan fingerprint density at radius 2 is 1.31 bits per heavy atom. The van der Waals surface area contributed by atoms with Gasteiger partial charge in [-0.05, 0) is 77.1 Å². The van der Waals surface area contributed by atoms with Gasteiger partial charge < -0.3 is 0 Å². The van der Waals surface area contributed by atoms with E-state index in [1.807, 2.05) is 0 Å². The summed E-state index contributed by atoms with van der Waals surface area (Å²) in [5, 5.41) is 5.19. The number of hydrogen-bond acceptors (Lipinski definition) is 1. The second kappa shape index (κ2) is 8.48. The maximum atomic E-state index is 5.23. The molecule has 0 fully saturated rings. The lowest BCUT2D eigenvalue weighted by Crippen LogP contribution is -2.66. The monoisotopic (exact) mass is 507 g/mol. The summed E-state index contributed by atoms with van der Waals surface area (Å²) in [6.45, 7) is 11.8. The maximum absolute atomic E-state index is 5.23. The van der Waals surface area contributed by atoms with Gasteiger partial charge >= 0.3 is 0 Å². The van der Waals surface area contributed by atoms with Crippen molar-refractivity contribution in [1.82, 2.24) is 4.98 Å². The van der Waals surface area contributed by atoms with E-state index in [0.717, 1.165) is 24.1 Å². The standard InChI is InChI=1S/C37H35N2/c1-6-36(4)32-22-28(26-16-12-9-13-17-26)21-31-30-20-27(25-14-10-8-11-15-25)18-19-29(30)34-35(33(31)32)39(23-24(3)38-34)37(36,5)7-2/h8-23H,6-7H2,1-5H3/q+1. The molecule has 0 bridgehead atoms. The van der Waals surface area contributed by atoms with Gasteiger partial charge in [0.2, 0.25) is 5.52 Å². The molecule has 1 aromatic heterocycles. The zero-order valence-corrected chi connectivity index (χ0v) is 23.5. The van der Waals surface area contributed by atoms with E-state index in [0.29, 0.717) is 0 Å². The Kier molecular flexibility index (Phi) is 5.23. The Balaban J connectivity index is 1.74. The SMILES string of the molecule is CCC1(C)c2cc(-c3ccccc3)cc3c4cc(-c5ccccc5)ccc4c4nc(C)c[n+](c4c23)C1(C)CC. The van der Waals surface area contributed by atoms with Gasteiger partial charge in [-0.3, -0.25) is 0 Å². The van der Waals surface area contributed by atoms with Gasteiger partial charge in [-0.2, -0.15) is 4.57 Å². The Bertz CT molecular complexity index is 1910. The van der Waals surface area contributed by atoms with E-state index < -0.39 is 0 Å². The fourth-order valence-corrected chi connectivity index (χ4v) is 7.25. The van der Waals surface area contributed by atoms with E-state index in [-0.39, 0.29) is 11.0 Å². The van der Waals surface area contributed by atoms with Gasteiger partial charge in [0.25, 0.3) is 0 Å². The minimum Gasteiger partial charge on any atom is -0.240 e. The van der Waals surface area contributed by atoms with Crippen molar-refractivity contribution in [2.24, 2.45) is 0 Å². The minimum atomic E-state index is -0.0827. The number of rotatable bonds is 4. The Morgan fingerprint density at radius 1 is 0.667 bits per heavy atom. The molecule has 2 atom stereocenters. The van der Waals surface area contributed by atoms with Crippen LogP contribution in [0.2, 0.25) is 0 Å². The number of aryl methyl sites for hydroxylation is 1. The summed E-state index contributed by atoms with van der Waals surface area (Å²) in [4.78, 5) is 5.23. The average molecular weight is 508 g/mol. The Morgan fingerprint density at radius 3 is 1.95 bits per heavy atom. The third-order valence-electron chi connectivity index (χ3n) is 9.93. The van der Waals surface area contributed by atoms with Crippen LogP contribution in [0.5, 0.6) is 0 Å². The highest BCUT2D eigenvalue weighted by Crippen LogP contribution is 2.52. The molecule has 7 rings (SSSR count). The molecule has 192 valence electrons. The van der Waals surface area contributed by atoms with Crippen molar-refractivity contribution in [3.63, 3.8) is 0 Å². The second-order valence-corrected chi connectivity index (χ2v) is 11.7. The van der Waals surface area contributed by atoms with E-state index in [2.05, 4.69) is 136 Å². The van der Waals surface area contributed by atoms with Gasteiger partial charge in [0.15, 0.2) is 11.7 Å². The van der Waals surface area contributed by atoms with E-state index in [9.17, 15) is 0 Å². The van der Waals surface area contributed by atoms with E-state index in [1.165, 1.54) is 54.9 Å². The average Bonchev–Trinajstić information content (AvgIpc) is 2.99. The zero-order chi connectivity index (χ0) is 26.9. The molecule has 2 heteroatoms. The van der Waals surface area contributed by atoms with E-state index in [1.54, 1.807) is 0 Å². The first-order valence-electron chi connectivity index (χ1n) is 14.3. The van der Waals surface area contributed by atoms with Gasteiger partial charge in [-0.15, -0.1) is 0 Å². The van der Waals surface area contributed by atoms with Crippen molar-refractivity contribution in [3.05, 3.63) is 108 Å². The van der Waals surface area contributed by atoms with Crippen molar-refractivity contribution in [1.29, 1.82) is 0 Å². The number of benzene rings is 5. The van der Waals surface area contributed by atoms with Crippen LogP contribution in [0.15, 0.2) is 97.2 Å². The summed E-state index contributed by atoms with van der Waals surface area (Å²) < 4.78 is 2.59. The second-order valence-electron chi connectivity index (χ2n) is 11.7. The van der Waals surface area contributed by atoms with Crippen LogP contribution in [0.4, 0.5) is 0 Å².